The van der Waals surface area contributed by atoms with Crippen molar-refractivity contribution in [3.8, 4) is 0 Å². The Hall–Kier alpha value is -1.07. The van der Waals surface area contributed by atoms with E-state index in [0.717, 1.165) is 16.7 Å². The molecular weight excluding hydrogens is 282 g/mol. The van der Waals surface area contributed by atoms with Crippen molar-refractivity contribution in [2.45, 2.75) is 13.0 Å². The first-order valence-electron chi connectivity index (χ1n) is 5.57. The lowest BCUT2D eigenvalue weighted by atomic mass is 10.1. The highest BCUT2D eigenvalue weighted by Crippen LogP contribution is 2.30. The van der Waals surface area contributed by atoms with Crippen LogP contribution in [0.25, 0.3) is 0 Å². The van der Waals surface area contributed by atoms with Crippen LogP contribution < -0.4 is 10.6 Å². The number of anilines is 2. The molecule has 1 fully saturated rings. The van der Waals surface area contributed by atoms with Gasteiger partial charge in [-0.1, -0.05) is 0 Å². The summed E-state index contributed by atoms with van der Waals surface area (Å²) >= 11 is 3.46. The molecule has 1 saturated heterocycles. The number of benzene rings is 1. The maximum Gasteiger partial charge on any atom is 0.244 e. The fraction of sp³-hybridized carbons (Fsp3) is 0.417. The molecule has 0 bridgehead atoms. The van der Waals surface area contributed by atoms with E-state index >= 15 is 0 Å². The number of rotatable bonds is 1. The molecule has 1 aromatic carbocycles. The first-order valence-corrected chi connectivity index (χ1v) is 6.36. The number of hydrogen-bond donors (Lipinski definition) is 1. The third-order valence-electron chi connectivity index (χ3n) is 3.22. The molecule has 5 heteroatoms. The summed E-state index contributed by atoms with van der Waals surface area (Å²) in [4.78, 5) is 16.1. The van der Waals surface area contributed by atoms with E-state index in [0.29, 0.717) is 12.2 Å². The van der Waals surface area contributed by atoms with Crippen molar-refractivity contribution in [1.29, 1.82) is 0 Å². The second-order valence-electron chi connectivity index (χ2n) is 4.36. The number of carbonyl (C=O) groups is 1. The molecular formula is C12H16BrN3O. The highest BCUT2D eigenvalue weighted by Gasteiger charge is 2.30. The lowest BCUT2D eigenvalue weighted by molar-refractivity contribution is -0.124. The van der Waals surface area contributed by atoms with Crippen LogP contribution in [0.15, 0.2) is 22.7 Å². The van der Waals surface area contributed by atoms with Gasteiger partial charge >= 0.3 is 0 Å². The van der Waals surface area contributed by atoms with Crippen molar-refractivity contribution in [3.05, 3.63) is 22.7 Å². The molecule has 1 aliphatic heterocycles. The van der Waals surface area contributed by atoms with Crippen LogP contribution in [-0.2, 0) is 4.79 Å². The third kappa shape index (κ3) is 2.30. The molecule has 2 rings (SSSR count). The Morgan fingerprint density at radius 3 is 2.76 bits per heavy atom. The van der Waals surface area contributed by atoms with Gasteiger partial charge in [0.05, 0.1) is 11.7 Å². The topological polar surface area (TPSA) is 49.6 Å². The van der Waals surface area contributed by atoms with Crippen LogP contribution in [0, 0.1) is 0 Å². The van der Waals surface area contributed by atoms with Crippen LogP contribution in [-0.4, -0.2) is 37.0 Å². The average molecular weight is 298 g/mol. The molecule has 0 aliphatic carbocycles. The van der Waals surface area contributed by atoms with Gasteiger partial charge in [0.25, 0.3) is 0 Å². The van der Waals surface area contributed by atoms with Crippen LogP contribution in [0.5, 0.6) is 0 Å². The first-order chi connectivity index (χ1) is 8.00. The zero-order valence-electron chi connectivity index (χ0n) is 9.98. The van der Waals surface area contributed by atoms with Crippen molar-refractivity contribution in [2.75, 3.05) is 30.8 Å². The summed E-state index contributed by atoms with van der Waals surface area (Å²) in [5.74, 6) is 0.129. The normalized spacial score (nSPS) is 21.9. The van der Waals surface area contributed by atoms with Crippen molar-refractivity contribution in [1.82, 2.24) is 4.90 Å². The van der Waals surface area contributed by atoms with Crippen molar-refractivity contribution in [2.24, 2.45) is 0 Å². The smallest absolute Gasteiger partial charge is 0.244 e. The summed E-state index contributed by atoms with van der Waals surface area (Å²) in [7, 11) is 1.97. The lowest BCUT2D eigenvalue weighted by Gasteiger charge is -2.37. The molecule has 1 unspecified atom stereocenters. The van der Waals surface area contributed by atoms with E-state index in [1.807, 2.05) is 37.1 Å². The molecule has 2 N–H and O–H groups in total. The van der Waals surface area contributed by atoms with Crippen LogP contribution in [0.1, 0.15) is 6.92 Å². The highest BCUT2D eigenvalue weighted by atomic mass is 79.9. The number of nitrogen functional groups attached to an aromatic ring is 1. The number of piperazine rings is 1. The molecule has 0 aromatic heterocycles. The van der Waals surface area contributed by atoms with Crippen LogP contribution >= 0.6 is 15.9 Å². The summed E-state index contributed by atoms with van der Waals surface area (Å²) in [5.41, 5.74) is 7.28. The van der Waals surface area contributed by atoms with Gasteiger partial charge in [-0.25, -0.2) is 0 Å². The minimum atomic E-state index is -0.0757. The summed E-state index contributed by atoms with van der Waals surface area (Å²) in [6, 6.07) is 5.45. The molecule has 1 aromatic rings. The molecule has 0 saturated carbocycles. The Kier molecular flexibility index (Phi) is 3.40. The second kappa shape index (κ2) is 4.66. The molecule has 1 heterocycles. The molecule has 17 heavy (non-hydrogen) atoms. The largest absolute Gasteiger partial charge is 0.399 e. The number of nitrogens with zero attached hydrogens (tertiary/aromatic N) is 2. The molecule has 1 atom stereocenters. The standard InChI is InChI=1S/C12H16BrN3O/c1-8-12(17)16(6-5-15(8)2)11-4-3-9(14)7-10(11)13/h3-4,7-8H,5-6,14H2,1-2H3. The molecule has 1 amide bonds. The maximum absolute atomic E-state index is 12.2. The summed E-state index contributed by atoms with van der Waals surface area (Å²) < 4.78 is 0.864. The monoisotopic (exact) mass is 297 g/mol. The molecule has 0 spiro atoms. The van der Waals surface area contributed by atoms with Gasteiger partial charge in [-0.2, -0.15) is 0 Å². The number of likely N-dealkylation sites (N-methyl/N-ethyl adjacent to an activating group) is 1. The van der Waals surface area contributed by atoms with E-state index in [1.165, 1.54) is 0 Å². The maximum atomic E-state index is 12.2. The van der Waals surface area contributed by atoms with Gasteiger partial charge in [0, 0.05) is 23.2 Å². The summed E-state index contributed by atoms with van der Waals surface area (Å²) in [6.45, 7) is 3.52. The minimum Gasteiger partial charge on any atom is -0.399 e. The number of hydrogen-bond acceptors (Lipinski definition) is 3. The summed E-state index contributed by atoms with van der Waals surface area (Å²) in [6.07, 6.45) is 0. The number of amides is 1. The van der Waals surface area contributed by atoms with Gasteiger partial charge in [-0.05, 0) is 48.1 Å². The zero-order chi connectivity index (χ0) is 12.6. The van der Waals surface area contributed by atoms with E-state index in [2.05, 4.69) is 20.8 Å². The fourth-order valence-electron chi connectivity index (χ4n) is 1.96. The molecule has 0 radical (unpaired) electrons. The fourth-order valence-corrected chi connectivity index (χ4v) is 2.57. The number of carbonyl (C=O) groups excluding carboxylic acids is 1. The van der Waals surface area contributed by atoms with Crippen LogP contribution in [0.2, 0.25) is 0 Å². The van der Waals surface area contributed by atoms with Gasteiger partial charge in [0.15, 0.2) is 0 Å². The van der Waals surface area contributed by atoms with Crippen molar-refractivity contribution in [3.63, 3.8) is 0 Å². The van der Waals surface area contributed by atoms with Crippen molar-refractivity contribution < 1.29 is 4.79 Å². The predicted octanol–water partition coefficient (Wildman–Crippen LogP) is 1.70. The SMILES string of the molecule is CC1C(=O)N(c2ccc(N)cc2Br)CCN1C. The first kappa shape index (κ1) is 12.4. The third-order valence-corrected chi connectivity index (χ3v) is 3.86. The summed E-state index contributed by atoms with van der Waals surface area (Å²) in [5, 5.41) is 0. The minimum absolute atomic E-state index is 0.0757. The Morgan fingerprint density at radius 2 is 2.12 bits per heavy atom. The van der Waals surface area contributed by atoms with Crippen LogP contribution in [0.4, 0.5) is 11.4 Å². The van der Waals surface area contributed by atoms with E-state index < -0.39 is 0 Å². The van der Waals surface area contributed by atoms with E-state index in [9.17, 15) is 4.79 Å². The molecule has 4 nitrogen and oxygen atoms in total. The van der Waals surface area contributed by atoms with Gasteiger partial charge < -0.3 is 10.6 Å². The Labute approximate surface area is 110 Å². The van der Waals surface area contributed by atoms with Gasteiger partial charge in [0.1, 0.15) is 0 Å². The molecule has 92 valence electrons. The number of nitrogens with two attached hydrogens (primary N) is 1. The lowest BCUT2D eigenvalue weighted by Crippen LogP contribution is -2.54. The second-order valence-corrected chi connectivity index (χ2v) is 5.21. The van der Waals surface area contributed by atoms with Gasteiger partial charge in [-0.3, -0.25) is 9.69 Å². The predicted molar refractivity (Wildman–Crippen MR) is 73.0 cm³/mol. The molecule has 1 aliphatic rings. The number of halogens is 1. The van der Waals surface area contributed by atoms with E-state index in [4.69, 9.17) is 5.73 Å². The Balaban J connectivity index is 2.31. The van der Waals surface area contributed by atoms with E-state index in [-0.39, 0.29) is 11.9 Å². The highest BCUT2D eigenvalue weighted by molar-refractivity contribution is 9.10. The van der Waals surface area contributed by atoms with Gasteiger partial charge in [-0.15, -0.1) is 0 Å². The average Bonchev–Trinajstić information content (AvgIpc) is 2.28. The Morgan fingerprint density at radius 1 is 1.41 bits per heavy atom. The van der Waals surface area contributed by atoms with Gasteiger partial charge in [0.2, 0.25) is 5.91 Å². The Bertz CT molecular complexity index is 449. The quantitative estimate of drug-likeness (QED) is 0.803. The zero-order valence-corrected chi connectivity index (χ0v) is 11.6. The van der Waals surface area contributed by atoms with Crippen molar-refractivity contribution >= 4 is 33.2 Å². The van der Waals surface area contributed by atoms with Crippen LogP contribution in [0.3, 0.4) is 0 Å². The van der Waals surface area contributed by atoms with E-state index in [1.54, 1.807) is 0 Å².